The van der Waals surface area contributed by atoms with Crippen molar-refractivity contribution >= 4 is 17.7 Å². The molecule has 1 saturated carbocycles. The number of benzene rings is 1. The average molecular weight is 273 g/mol. The summed E-state index contributed by atoms with van der Waals surface area (Å²) in [6.07, 6.45) is 11.0. The molecule has 0 spiro atoms. The fraction of sp³-hybridized carbons (Fsp3) is 0.471. The molecule has 0 unspecified atom stereocenters. The van der Waals surface area contributed by atoms with Crippen LogP contribution < -0.4 is 5.32 Å². The van der Waals surface area contributed by atoms with E-state index in [0.717, 1.165) is 29.8 Å². The van der Waals surface area contributed by atoms with Crippen molar-refractivity contribution in [1.82, 2.24) is 0 Å². The van der Waals surface area contributed by atoms with Crippen molar-refractivity contribution in [2.45, 2.75) is 38.5 Å². The number of carboxylic acid groups (broad SMARTS) is 1. The van der Waals surface area contributed by atoms with Crippen LogP contribution in [0.3, 0.4) is 0 Å². The molecule has 1 aliphatic rings. The van der Waals surface area contributed by atoms with Gasteiger partial charge in [0, 0.05) is 18.3 Å². The molecule has 0 bridgehead atoms. The predicted octanol–water partition coefficient (Wildman–Crippen LogP) is 4.17. The SMILES string of the molecule is O=C(O)C=Cc1ccc(NCCCC2CCCC2)cc1. The van der Waals surface area contributed by atoms with Crippen LogP contribution in [0, 0.1) is 5.92 Å². The Bertz CT molecular complexity index is 445. The quantitative estimate of drug-likeness (QED) is 0.579. The maximum absolute atomic E-state index is 10.4. The molecular weight excluding hydrogens is 250 g/mol. The summed E-state index contributed by atoms with van der Waals surface area (Å²) in [5.74, 6) is 0.0412. The third-order valence-corrected chi connectivity index (χ3v) is 3.92. The van der Waals surface area contributed by atoms with Crippen LogP contribution in [0.15, 0.2) is 30.3 Å². The number of carboxylic acids is 1. The Morgan fingerprint density at radius 1 is 1.25 bits per heavy atom. The minimum absolute atomic E-state index is 0.906. The van der Waals surface area contributed by atoms with E-state index in [-0.39, 0.29) is 0 Å². The lowest BCUT2D eigenvalue weighted by Gasteiger charge is -2.10. The molecule has 2 rings (SSSR count). The summed E-state index contributed by atoms with van der Waals surface area (Å²) >= 11 is 0. The van der Waals surface area contributed by atoms with Gasteiger partial charge in [-0.1, -0.05) is 37.8 Å². The van der Waals surface area contributed by atoms with Gasteiger partial charge < -0.3 is 10.4 Å². The van der Waals surface area contributed by atoms with Gasteiger partial charge in [-0.05, 0) is 42.5 Å². The number of anilines is 1. The van der Waals surface area contributed by atoms with Crippen LogP contribution >= 0.6 is 0 Å². The first-order valence-electron chi connectivity index (χ1n) is 7.49. The molecule has 0 aromatic heterocycles. The van der Waals surface area contributed by atoms with E-state index in [1.54, 1.807) is 6.08 Å². The van der Waals surface area contributed by atoms with Gasteiger partial charge in [-0.2, -0.15) is 0 Å². The molecule has 3 nitrogen and oxygen atoms in total. The van der Waals surface area contributed by atoms with Crippen molar-refractivity contribution in [3.05, 3.63) is 35.9 Å². The van der Waals surface area contributed by atoms with Crippen molar-refractivity contribution in [3.63, 3.8) is 0 Å². The Labute approximate surface area is 120 Å². The highest BCUT2D eigenvalue weighted by Crippen LogP contribution is 2.28. The monoisotopic (exact) mass is 273 g/mol. The van der Waals surface area contributed by atoms with E-state index in [0.29, 0.717) is 0 Å². The summed E-state index contributed by atoms with van der Waals surface area (Å²) in [6.45, 7) is 1.01. The minimum Gasteiger partial charge on any atom is -0.478 e. The molecule has 20 heavy (non-hydrogen) atoms. The number of hydrogen-bond acceptors (Lipinski definition) is 2. The van der Waals surface area contributed by atoms with Gasteiger partial charge in [0.2, 0.25) is 0 Å². The Morgan fingerprint density at radius 3 is 2.60 bits per heavy atom. The molecule has 1 aromatic carbocycles. The first kappa shape index (κ1) is 14.6. The summed E-state index contributed by atoms with van der Waals surface area (Å²) in [7, 11) is 0. The van der Waals surface area contributed by atoms with Gasteiger partial charge in [0.25, 0.3) is 0 Å². The van der Waals surface area contributed by atoms with Crippen LogP contribution in [-0.2, 0) is 4.79 Å². The van der Waals surface area contributed by atoms with E-state index < -0.39 is 5.97 Å². The fourth-order valence-electron chi connectivity index (χ4n) is 2.80. The summed E-state index contributed by atoms with van der Waals surface area (Å²) in [5, 5.41) is 12.0. The maximum Gasteiger partial charge on any atom is 0.328 e. The lowest BCUT2D eigenvalue weighted by molar-refractivity contribution is -0.131. The van der Waals surface area contributed by atoms with Crippen LogP contribution in [-0.4, -0.2) is 17.6 Å². The van der Waals surface area contributed by atoms with Crippen LogP contribution in [0.1, 0.15) is 44.1 Å². The van der Waals surface area contributed by atoms with Crippen LogP contribution in [0.4, 0.5) is 5.69 Å². The van der Waals surface area contributed by atoms with E-state index in [1.165, 1.54) is 38.5 Å². The highest BCUT2D eigenvalue weighted by Gasteiger charge is 2.13. The molecule has 0 atom stereocenters. The summed E-state index contributed by atoms with van der Waals surface area (Å²) in [6, 6.07) is 7.85. The zero-order valence-corrected chi connectivity index (χ0v) is 11.8. The first-order valence-corrected chi connectivity index (χ1v) is 7.49. The van der Waals surface area contributed by atoms with Crippen LogP contribution in [0.25, 0.3) is 6.08 Å². The van der Waals surface area contributed by atoms with Gasteiger partial charge in [-0.3, -0.25) is 0 Å². The molecule has 0 aliphatic heterocycles. The Hall–Kier alpha value is -1.77. The Kier molecular flexibility index (Phi) is 5.66. The standard InChI is InChI=1S/C17H23NO2/c19-17(20)12-9-15-7-10-16(11-8-15)18-13-3-6-14-4-1-2-5-14/h7-12,14,18H,1-6,13H2,(H,19,20). The van der Waals surface area contributed by atoms with E-state index in [1.807, 2.05) is 24.3 Å². The second kappa shape index (κ2) is 7.73. The van der Waals surface area contributed by atoms with Crippen LogP contribution in [0.2, 0.25) is 0 Å². The van der Waals surface area contributed by atoms with E-state index >= 15 is 0 Å². The van der Waals surface area contributed by atoms with E-state index in [2.05, 4.69) is 5.32 Å². The third kappa shape index (κ3) is 5.08. The Balaban J connectivity index is 1.69. The lowest BCUT2D eigenvalue weighted by Crippen LogP contribution is -2.04. The molecule has 0 radical (unpaired) electrons. The molecule has 1 aromatic rings. The highest BCUT2D eigenvalue weighted by atomic mass is 16.4. The average Bonchev–Trinajstić information content (AvgIpc) is 2.96. The van der Waals surface area contributed by atoms with Crippen molar-refractivity contribution < 1.29 is 9.90 Å². The minimum atomic E-state index is -0.917. The van der Waals surface area contributed by atoms with Gasteiger partial charge >= 0.3 is 5.97 Å². The highest BCUT2D eigenvalue weighted by molar-refractivity contribution is 5.85. The molecule has 108 valence electrons. The van der Waals surface area contributed by atoms with Crippen molar-refractivity contribution in [1.29, 1.82) is 0 Å². The topological polar surface area (TPSA) is 49.3 Å². The fourth-order valence-corrected chi connectivity index (χ4v) is 2.80. The normalized spacial score (nSPS) is 15.8. The number of nitrogens with one attached hydrogen (secondary N) is 1. The van der Waals surface area contributed by atoms with E-state index in [4.69, 9.17) is 5.11 Å². The number of hydrogen-bond donors (Lipinski definition) is 2. The second-order valence-corrected chi connectivity index (χ2v) is 5.51. The molecule has 1 aliphatic carbocycles. The zero-order valence-electron chi connectivity index (χ0n) is 11.8. The van der Waals surface area contributed by atoms with Gasteiger partial charge in [0.1, 0.15) is 0 Å². The zero-order chi connectivity index (χ0) is 14.2. The molecule has 3 heteroatoms. The predicted molar refractivity (Wildman–Crippen MR) is 82.8 cm³/mol. The second-order valence-electron chi connectivity index (χ2n) is 5.51. The molecule has 2 N–H and O–H groups in total. The molecule has 1 fully saturated rings. The smallest absolute Gasteiger partial charge is 0.328 e. The summed E-state index contributed by atoms with van der Waals surface area (Å²) < 4.78 is 0. The lowest BCUT2D eigenvalue weighted by atomic mass is 10.0. The molecule has 0 heterocycles. The maximum atomic E-state index is 10.4. The molecule has 0 amide bonds. The van der Waals surface area contributed by atoms with Crippen molar-refractivity contribution in [3.8, 4) is 0 Å². The molecule has 0 saturated heterocycles. The van der Waals surface area contributed by atoms with E-state index in [9.17, 15) is 4.79 Å². The molecular formula is C17H23NO2. The number of rotatable bonds is 7. The van der Waals surface area contributed by atoms with Gasteiger partial charge in [0.15, 0.2) is 0 Å². The number of carbonyl (C=O) groups is 1. The van der Waals surface area contributed by atoms with Crippen LogP contribution in [0.5, 0.6) is 0 Å². The first-order chi connectivity index (χ1) is 9.74. The van der Waals surface area contributed by atoms with Gasteiger partial charge in [-0.15, -0.1) is 0 Å². The summed E-state index contributed by atoms with van der Waals surface area (Å²) in [4.78, 5) is 10.4. The largest absolute Gasteiger partial charge is 0.478 e. The van der Waals surface area contributed by atoms with Crippen molar-refractivity contribution in [2.24, 2.45) is 5.92 Å². The van der Waals surface area contributed by atoms with Gasteiger partial charge in [0.05, 0.1) is 0 Å². The summed E-state index contributed by atoms with van der Waals surface area (Å²) in [5.41, 5.74) is 2.01. The van der Waals surface area contributed by atoms with Gasteiger partial charge in [-0.25, -0.2) is 4.79 Å². The number of aliphatic carboxylic acids is 1. The Morgan fingerprint density at radius 2 is 1.95 bits per heavy atom. The van der Waals surface area contributed by atoms with Crippen molar-refractivity contribution in [2.75, 3.05) is 11.9 Å². The third-order valence-electron chi connectivity index (χ3n) is 3.92.